The van der Waals surface area contributed by atoms with Gasteiger partial charge in [-0.05, 0) is 32.0 Å². The molecule has 1 fully saturated rings. The molecule has 1 rings (SSSR count). The van der Waals surface area contributed by atoms with Crippen LogP contribution in [0.3, 0.4) is 0 Å². The predicted molar refractivity (Wildman–Crippen MR) is 62.7 cm³/mol. The van der Waals surface area contributed by atoms with Gasteiger partial charge in [-0.25, -0.2) is 8.42 Å². The average molecular weight is 234 g/mol. The second-order valence-electron chi connectivity index (χ2n) is 4.79. The van der Waals surface area contributed by atoms with Crippen molar-refractivity contribution in [3.8, 4) is 0 Å². The lowest BCUT2D eigenvalue weighted by Crippen LogP contribution is -2.48. The molecule has 0 aromatic rings. The molecule has 0 saturated carbocycles. The van der Waals surface area contributed by atoms with Crippen LogP contribution in [0.2, 0.25) is 0 Å². The van der Waals surface area contributed by atoms with Crippen molar-refractivity contribution in [1.29, 1.82) is 0 Å². The van der Waals surface area contributed by atoms with E-state index < -0.39 is 9.84 Å². The van der Waals surface area contributed by atoms with Gasteiger partial charge in [0.15, 0.2) is 0 Å². The first-order valence-corrected chi connectivity index (χ1v) is 7.51. The van der Waals surface area contributed by atoms with E-state index in [2.05, 4.69) is 17.1 Å². The molecule has 0 spiro atoms. The first-order chi connectivity index (χ1) is 6.88. The van der Waals surface area contributed by atoms with Crippen LogP contribution in [0, 0.1) is 11.8 Å². The van der Waals surface area contributed by atoms with E-state index in [-0.39, 0.29) is 5.75 Å². The Morgan fingerprint density at radius 3 is 2.47 bits per heavy atom. The Labute approximate surface area is 93.0 Å². The van der Waals surface area contributed by atoms with Gasteiger partial charge in [0.05, 0.1) is 5.75 Å². The zero-order chi connectivity index (χ0) is 11.5. The van der Waals surface area contributed by atoms with Crippen LogP contribution in [0.5, 0.6) is 0 Å². The molecular weight excluding hydrogens is 212 g/mol. The van der Waals surface area contributed by atoms with Gasteiger partial charge >= 0.3 is 0 Å². The van der Waals surface area contributed by atoms with E-state index in [1.807, 2.05) is 7.05 Å². The van der Waals surface area contributed by atoms with Crippen LogP contribution >= 0.6 is 0 Å². The minimum atomic E-state index is -2.82. The molecule has 1 atom stereocenters. The van der Waals surface area contributed by atoms with E-state index >= 15 is 0 Å². The van der Waals surface area contributed by atoms with Crippen molar-refractivity contribution in [2.75, 3.05) is 45.2 Å². The van der Waals surface area contributed by atoms with E-state index in [0.29, 0.717) is 12.5 Å². The smallest absolute Gasteiger partial charge is 0.148 e. The molecule has 1 aliphatic rings. The lowest BCUT2D eigenvalue weighted by molar-refractivity contribution is 0.190. The highest BCUT2D eigenvalue weighted by Crippen LogP contribution is 2.16. The Hall–Kier alpha value is -0.130. The minimum absolute atomic E-state index is 0.263. The van der Waals surface area contributed by atoms with Crippen molar-refractivity contribution in [1.82, 2.24) is 10.2 Å². The van der Waals surface area contributed by atoms with Gasteiger partial charge in [0, 0.05) is 19.3 Å². The summed E-state index contributed by atoms with van der Waals surface area (Å²) in [5.41, 5.74) is 0. The lowest BCUT2D eigenvalue weighted by atomic mass is 9.89. The van der Waals surface area contributed by atoms with Crippen molar-refractivity contribution in [2.45, 2.75) is 6.92 Å². The van der Waals surface area contributed by atoms with Gasteiger partial charge in [0.1, 0.15) is 9.84 Å². The molecule has 0 aliphatic carbocycles. The zero-order valence-corrected chi connectivity index (χ0v) is 10.7. The molecule has 1 saturated heterocycles. The summed E-state index contributed by atoms with van der Waals surface area (Å²) >= 11 is 0. The number of sulfone groups is 1. The maximum atomic E-state index is 11.0. The Kier molecular flexibility index (Phi) is 4.55. The van der Waals surface area contributed by atoms with Crippen LogP contribution in [0.25, 0.3) is 0 Å². The third-order valence-corrected chi connectivity index (χ3v) is 3.99. The largest absolute Gasteiger partial charge is 0.316 e. The van der Waals surface area contributed by atoms with Crippen LogP contribution in [-0.4, -0.2) is 58.6 Å². The molecule has 1 aliphatic heterocycles. The summed E-state index contributed by atoms with van der Waals surface area (Å²) in [6.45, 7) is 6.09. The Bertz CT molecular complexity index is 286. The molecule has 4 nitrogen and oxygen atoms in total. The van der Waals surface area contributed by atoms with Crippen molar-refractivity contribution >= 4 is 9.84 Å². The summed E-state index contributed by atoms with van der Waals surface area (Å²) in [5, 5.41) is 3.26. The van der Waals surface area contributed by atoms with E-state index in [9.17, 15) is 8.42 Å². The molecule has 5 heteroatoms. The van der Waals surface area contributed by atoms with E-state index in [1.54, 1.807) is 0 Å². The second kappa shape index (κ2) is 5.27. The third kappa shape index (κ3) is 4.95. The van der Waals surface area contributed by atoms with Crippen LogP contribution in [-0.2, 0) is 9.84 Å². The van der Waals surface area contributed by atoms with Gasteiger partial charge in [-0.1, -0.05) is 6.92 Å². The molecule has 0 radical (unpaired) electrons. The third-order valence-electron chi connectivity index (χ3n) is 3.06. The molecule has 90 valence electrons. The van der Waals surface area contributed by atoms with E-state index in [1.165, 1.54) is 6.26 Å². The Morgan fingerprint density at radius 1 is 1.47 bits per heavy atom. The van der Waals surface area contributed by atoms with Crippen molar-refractivity contribution in [2.24, 2.45) is 11.8 Å². The van der Waals surface area contributed by atoms with E-state index in [0.717, 1.165) is 25.6 Å². The van der Waals surface area contributed by atoms with Gasteiger partial charge in [0.2, 0.25) is 0 Å². The molecule has 0 bridgehead atoms. The molecule has 15 heavy (non-hydrogen) atoms. The summed E-state index contributed by atoms with van der Waals surface area (Å²) in [7, 11) is -0.827. The molecule has 0 aromatic carbocycles. The van der Waals surface area contributed by atoms with Crippen LogP contribution in [0.1, 0.15) is 6.92 Å². The van der Waals surface area contributed by atoms with Crippen LogP contribution < -0.4 is 5.32 Å². The van der Waals surface area contributed by atoms with Gasteiger partial charge in [-0.3, -0.25) is 0 Å². The summed E-state index contributed by atoms with van der Waals surface area (Å²) < 4.78 is 22.0. The van der Waals surface area contributed by atoms with Gasteiger partial charge in [0.25, 0.3) is 0 Å². The molecular formula is C10H22N2O2S. The number of hydrogen-bond acceptors (Lipinski definition) is 4. The topological polar surface area (TPSA) is 49.4 Å². The summed E-state index contributed by atoms with van der Waals surface area (Å²) in [6.07, 6.45) is 1.29. The maximum Gasteiger partial charge on any atom is 0.148 e. The molecule has 0 aromatic heterocycles. The van der Waals surface area contributed by atoms with E-state index in [4.69, 9.17) is 0 Å². The first-order valence-electron chi connectivity index (χ1n) is 5.45. The Balaban J connectivity index is 2.19. The van der Waals surface area contributed by atoms with Gasteiger partial charge < -0.3 is 10.2 Å². The number of rotatable bonds is 6. The zero-order valence-electron chi connectivity index (χ0n) is 9.86. The SMILES string of the molecule is CC(CN(C)CCS(C)(=O)=O)C1CNC1. The van der Waals surface area contributed by atoms with Crippen LogP contribution in [0.15, 0.2) is 0 Å². The quantitative estimate of drug-likeness (QED) is 0.692. The molecule has 1 unspecified atom stereocenters. The highest BCUT2D eigenvalue weighted by atomic mass is 32.2. The Morgan fingerprint density at radius 2 is 2.07 bits per heavy atom. The number of hydrogen-bond donors (Lipinski definition) is 1. The fraction of sp³-hybridized carbons (Fsp3) is 1.00. The molecule has 1 N–H and O–H groups in total. The highest BCUT2D eigenvalue weighted by Gasteiger charge is 2.24. The second-order valence-corrected chi connectivity index (χ2v) is 7.05. The average Bonchev–Trinajstić information content (AvgIpc) is 1.95. The van der Waals surface area contributed by atoms with Crippen LogP contribution in [0.4, 0.5) is 0 Å². The van der Waals surface area contributed by atoms with Crippen molar-refractivity contribution in [3.63, 3.8) is 0 Å². The predicted octanol–water partition coefficient (Wildman–Crippen LogP) is -0.182. The summed E-state index contributed by atoms with van der Waals surface area (Å²) in [4.78, 5) is 2.12. The maximum absolute atomic E-state index is 11.0. The summed E-state index contributed by atoms with van der Waals surface area (Å²) in [6, 6.07) is 0. The molecule has 0 amide bonds. The standard InChI is InChI=1S/C10H22N2O2S/c1-9(10-6-11-7-10)8-12(2)4-5-15(3,13)14/h9-11H,4-8H2,1-3H3. The summed E-state index contributed by atoms with van der Waals surface area (Å²) in [5.74, 6) is 1.68. The molecule has 1 heterocycles. The van der Waals surface area contributed by atoms with Crippen molar-refractivity contribution in [3.05, 3.63) is 0 Å². The number of nitrogens with one attached hydrogen (secondary N) is 1. The van der Waals surface area contributed by atoms with Gasteiger partial charge in [-0.2, -0.15) is 0 Å². The first kappa shape index (κ1) is 12.9. The highest BCUT2D eigenvalue weighted by molar-refractivity contribution is 7.90. The fourth-order valence-electron chi connectivity index (χ4n) is 1.77. The van der Waals surface area contributed by atoms with Crippen molar-refractivity contribution < 1.29 is 8.42 Å². The minimum Gasteiger partial charge on any atom is -0.316 e. The number of nitrogens with zero attached hydrogens (tertiary/aromatic N) is 1. The lowest BCUT2D eigenvalue weighted by Gasteiger charge is -2.34. The fourth-order valence-corrected chi connectivity index (χ4v) is 2.41. The van der Waals surface area contributed by atoms with Gasteiger partial charge in [-0.15, -0.1) is 0 Å². The monoisotopic (exact) mass is 234 g/mol. The normalized spacial score (nSPS) is 20.3.